The van der Waals surface area contributed by atoms with Crippen LogP contribution in [0.4, 0.5) is 0 Å². The summed E-state index contributed by atoms with van der Waals surface area (Å²) in [6.07, 6.45) is 1.56. The number of fused-ring (bicyclic) bond motifs is 1. The summed E-state index contributed by atoms with van der Waals surface area (Å²) < 4.78 is 1.94. The van der Waals surface area contributed by atoms with Crippen LogP contribution in [-0.2, 0) is 6.54 Å². The average molecular weight is 240 g/mol. The second-order valence-corrected chi connectivity index (χ2v) is 4.12. The zero-order valence-electron chi connectivity index (χ0n) is 9.02. The molecule has 2 heterocycles. The highest BCUT2D eigenvalue weighted by atomic mass is 35.5. The van der Waals surface area contributed by atoms with Crippen molar-refractivity contribution in [2.45, 2.75) is 19.6 Å². The van der Waals surface area contributed by atoms with Gasteiger partial charge < -0.3 is 14.8 Å². The van der Waals surface area contributed by atoms with E-state index in [0.29, 0.717) is 18.2 Å². The number of halogens is 1. The fraction of sp³-hybridized carbons (Fsp3) is 0.364. The standard InChI is InChI=1S/C11H14ClN3O/c1-8(16)6-13-7-9-11(12)14-10-4-2-3-5-15(9)10/h2-5,8,13,16H,6-7H2,1H3/t8-/m1/s1. The van der Waals surface area contributed by atoms with Gasteiger partial charge >= 0.3 is 0 Å². The maximum Gasteiger partial charge on any atom is 0.152 e. The van der Waals surface area contributed by atoms with Gasteiger partial charge in [0.25, 0.3) is 0 Å². The Labute approximate surface area is 98.9 Å². The molecule has 0 radical (unpaired) electrons. The summed E-state index contributed by atoms with van der Waals surface area (Å²) in [6.45, 7) is 2.87. The van der Waals surface area contributed by atoms with E-state index in [0.717, 1.165) is 11.3 Å². The van der Waals surface area contributed by atoms with Gasteiger partial charge in [-0.15, -0.1) is 0 Å². The first-order valence-corrected chi connectivity index (χ1v) is 5.56. The van der Waals surface area contributed by atoms with Gasteiger partial charge in [-0.25, -0.2) is 4.98 Å². The molecular formula is C11H14ClN3O. The lowest BCUT2D eigenvalue weighted by atomic mass is 10.4. The van der Waals surface area contributed by atoms with Crippen LogP contribution < -0.4 is 5.32 Å². The predicted molar refractivity (Wildman–Crippen MR) is 63.6 cm³/mol. The van der Waals surface area contributed by atoms with Crippen LogP contribution >= 0.6 is 11.6 Å². The van der Waals surface area contributed by atoms with Crippen LogP contribution in [0.15, 0.2) is 24.4 Å². The van der Waals surface area contributed by atoms with Crippen molar-refractivity contribution in [2.24, 2.45) is 0 Å². The molecule has 1 atom stereocenters. The highest BCUT2D eigenvalue weighted by Gasteiger charge is 2.09. The summed E-state index contributed by atoms with van der Waals surface area (Å²) in [4.78, 5) is 4.24. The quantitative estimate of drug-likeness (QED) is 0.849. The minimum atomic E-state index is -0.363. The van der Waals surface area contributed by atoms with E-state index in [2.05, 4.69) is 10.3 Å². The van der Waals surface area contributed by atoms with Gasteiger partial charge in [0, 0.05) is 19.3 Å². The molecule has 5 heteroatoms. The lowest BCUT2D eigenvalue weighted by Gasteiger charge is -2.06. The Morgan fingerprint density at radius 1 is 1.56 bits per heavy atom. The van der Waals surface area contributed by atoms with Crippen LogP contribution in [0.2, 0.25) is 5.15 Å². The molecule has 0 fully saturated rings. The van der Waals surface area contributed by atoms with Gasteiger partial charge in [0.15, 0.2) is 5.15 Å². The summed E-state index contributed by atoms with van der Waals surface area (Å²) in [5.41, 5.74) is 1.75. The van der Waals surface area contributed by atoms with Gasteiger partial charge in [0.05, 0.1) is 11.8 Å². The monoisotopic (exact) mass is 239 g/mol. The summed E-state index contributed by atoms with van der Waals surface area (Å²) >= 11 is 6.05. The van der Waals surface area contributed by atoms with Crippen molar-refractivity contribution in [1.82, 2.24) is 14.7 Å². The van der Waals surface area contributed by atoms with Crippen molar-refractivity contribution in [3.8, 4) is 0 Å². The number of aliphatic hydroxyl groups excluding tert-OH is 1. The molecule has 2 rings (SSSR count). The fourth-order valence-corrected chi connectivity index (χ4v) is 1.82. The van der Waals surface area contributed by atoms with Crippen LogP contribution in [0.3, 0.4) is 0 Å². The van der Waals surface area contributed by atoms with Gasteiger partial charge in [-0.2, -0.15) is 0 Å². The van der Waals surface area contributed by atoms with Gasteiger partial charge in [0.2, 0.25) is 0 Å². The minimum absolute atomic E-state index is 0.363. The molecule has 2 N–H and O–H groups in total. The van der Waals surface area contributed by atoms with Gasteiger partial charge in [-0.05, 0) is 19.1 Å². The third kappa shape index (κ3) is 2.35. The molecule has 0 saturated heterocycles. The van der Waals surface area contributed by atoms with E-state index < -0.39 is 0 Å². The summed E-state index contributed by atoms with van der Waals surface area (Å²) in [7, 11) is 0. The predicted octanol–water partition coefficient (Wildman–Crippen LogP) is 1.46. The number of hydrogen-bond acceptors (Lipinski definition) is 3. The first-order chi connectivity index (χ1) is 7.68. The zero-order valence-corrected chi connectivity index (χ0v) is 9.78. The summed E-state index contributed by atoms with van der Waals surface area (Å²) in [6, 6.07) is 5.76. The zero-order chi connectivity index (χ0) is 11.5. The molecule has 86 valence electrons. The van der Waals surface area contributed by atoms with E-state index >= 15 is 0 Å². The Balaban J connectivity index is 2.19. The largest absolute Gasteiger partial charge is 0.392 e. The highest BCUT2D eigenvalue weighted by molar-refractivity contribution is 6.30. The molecule has 0 aliphatic heterocycles. The number of pyridine rings is 1. The number of imidazole rings is 1. The third-order valence-electron chi connectivity index (χ3n) is 2.31. The number of rotatable bonds is 4. The van der Waals surface area contributed by atoms with Crippen molar-refractivity contribution < 1.29 is 5.11 Å². The SMILES string of the molecule is C[C@@H](O)CNCc1c(Cl)nc2ccccn12. The van der Waals surface area contributed by atoms with E-state index in [1.54, 1.807) is 6.92 Å². The van der Waals surface area contributed by atoms with E-state index in [1.165, 1.54) is 0 Å². The Morgan fingerprint density at radius 3 is 3.12 bits per heavy atom. The van der Waals surface area contributed by atoms with Crippen LogP contribution in [0.1, 0.15) is 12.6 Å². The second-order valence-electron chi connectivity index (χ2n) is 3.76. The van der Waals surface area contributed by atoms with Gasteiger partial charge in [0.1, 0.15) is 5.65 Å². The van der Waals surface area contributed by atoms with Crippen LogP contribution in [0.5, 0.6) is 0 Å². The number of nitrogens with zero attached hydrogens (tertiary/aromatic N) is 2. The van der Waals surface area contributed by atoms with Crippen molar-refractivity contribution in [3.05, 3.63) is 35.2 Å². The van der Waals surface area contributed by atoms with E-state index in [4.69, 9.17) is 16.7 Å². The van der Waals surface area contributed by atoms with Gasteiger partial charge in [-0.1, -0.05) is 17.7 Å². The molecular weight excluding hydrogens is 226 g/mol. The van der Waals surface area contributed by atoms with E-state index in [9.17, 15) is 0 Å². The first kappa shape index (κ1) is 11.4. The highest BCUT2D eigenvalue weighted by Crippen LogP contribution is 2.16. The molecule has 0 amide bonds. The Morgan fingerprint density at radius 2 is 2.38 bits per heavy atom. The van der Waals surface area contributed by atoms with Crippen molar-refractivity contribution in [3.63, 3.8) is 0 Å². The molecule has 16 heavy (non-hydrogen) atoms. The lowest BCUT2D eigenvalue weighted by molar-refractivity contribution is 0.191. The molecule has 2 aromatic heterocycles. The minimum Gasteiger partial charge on any atom is -0.392 e. The molecule has 0 aliphatic carbocycles. The van der Waals surface area contributed by atoms with Gasteiger partial charge in [-0.3, -0.25) is 0 Å². The smallest absolute Gasteiger partial charge is 0.152 e. The molecule has 0 spiro atoms. The molecule has 0 aliphatic rings. The van der Waals surface area contributed by atoms with Crippen molar-refractivity contribution in [1.29, 1.82) is 0 Å². The Bertz CT molecular complexity index is 481. The molecule has 0 aromatic carbocycles. The Hall–Kier alpha value is -1.10. The fourth-order valence-electron chi connectivity index (χ4n) is 1.58. The Kier molecular flexibility index (Phi) is 3.43. The molecule has 0 unspecified atom stereocenters. The second kappa shape index (κ2) is 4.82. The average Bonchev–Trinajstić information content (AvgIpc) is 2.55. The number of aromatic nitrogens is 2. The molecule has 0 saturated carbocycles. The number of nitrogens with one attached hydrogen (secondary N) is 1. The van der Waals surface area contributed by atoms with Crippen LogP contribution in [0.25, 0.3) is 5.65 Å². The molecule has 4 nitrogen and oxygen atoms in total. The first-order valence-electron chi connectivity index (χ1n) is 5.18. The molecule has 2 aromatic rings. The van der Waals surface area contributed by atoms with Crippen molar-refractivity contribution >= 4 is 17.2 Å². The molecule has 0 bridgehead atoms. The normalized spacial score (nSPS) is 13.2. The number of aliphatic hydroxyl groups is 1. The number of hydrogen-bond donors (Lipinski definition) is 2. The topological polar surface area (TPSA) is 49.6 Å². The van der Waals surface area contributed by atoms with E-state index in [1.807, 2.05) is 28.8 Å². The summed E-state index contributed by atoms with van der Waals surface area (Å²) in [5.74, 6) is 0. The van der Waals surface area contributed by atoms with E-state index in [-0.39, 0.29) is 6.10 Å². The third-order valence-corrected chi connectivity index (χ3v) is 2.61. The summed E-state index contributed by atoms with van der Waals surface area (Å²) in [5, 5.41) is 12.8. The van der Waals surface area contributed by atoms with Crippen LogP contribution in [-0.4, -0.2) is 27.1 Å². The van der Waals surface area contributed by atoms with Crippen molar-refractivity contribution in [2.75, 3.05) is 6.54 Å². The van der Waals surface area contributed by atoms with Crippen LogP contribution in [0, 0.1) is 0 Å². The lowest BCUT2D eigenvalue weighted by Crippen LogP contribution is -2.24. The maximum atomic E-state index is 9.15. The maximum absolute atomic E-state index is 9.15.